The average Bonchev–Trinajstić information content (AvgIpc) is 3.09. The zero-order chi connectivity index (χ0) is 11.5. The fourth-order valence-corrected chi connectivity index (χ4v) is 2.35. The molecule has 1 amide bonds. The Kier molecular flexibility index (Phi) is 3.81. The average molecular weight is 331 g/mol. The van der Waals surface area contributed by atoms with Crippen molar-refractivity contribution in [1.29, 1.82) is 0 Å². The fraction of sp³-hybridized carbons (Fsp3) is 0.417. The van der Waals surface area contributed by atoms with Gasteiger partial charge in [-0.1, -0.05) is 12.1 Å². The number of aliphatic hydroxyl groups is 1. The van der Waals surface area contributed by atoms with E-state index in [1.807, 2.05) is 24.3 Å². The molecule has 0 spiro atoms. The minimum absolute atomic E-state index is 0.0334. The molecule has 1 N–H and O–H groups in total. The van der Waals surface area contributed by atoms with Crippen molar-refractivity contribution in [1.82, 2.24) is 4.90 Å². The summed E-state index contributed by atoms with van der Waals surface area (Å²) in [6.45, 7) is 0.472. The number of hydrogen-bond donors (Lipinski definition) is 1. The molecule has 2 rings (SSSR count). The van der Waals surface area contributed by atoms with Crippen LogP contribution in [-0.4, -0.2) is 35.1 Å². The Labute approximate surface area is 109 Å². The van der Waals surface area contributed by atoms with Crippen LogP contribution in [0.4, 0.5) is 0 Å². The topological polar surface area (TPSA) is 40.5 Å². The van der Waals surface area contributed by atoms with Gasteiger partial charge in [-0.25, -0.2) is 0 Å². The van der Waals surface area contributed by atoms with Crippen molar-refractivity contribution in [3.63, 3.8) is 0 Å². The Morgan fingerprint density at radius 1 is 1.44 bits per heavy atom. The molecule has 1 aliphatic rings. The molecule has 0 heterocycles. The number of rotatable bonds is 4. The highest BCUT2D eigenvalue weighted by Gasteiger charge is 2.33. The SMILES string of the molecule is O=C(c1ccccc1I)N(CCO)C1CC1. The molecule has 1 saturated carbocycles. The molecule has 4 heteroatoms. The standard InChI is InChI=1S/C12H14INO2/c13-11-4-2-1-3-10(11)12(16)14(7-8-15)9-5-6-9/h1-4,9,15H,5-8H2. The molecule has 1 aromatic rings. The lowest BCUT2D eigenvalue weighted by Crippen LogP contribution is -2.35. The van der Waals surface area contributed by atoms with Gasteiger partial charge < -0.3 is 10.0 Å². The van der Waals surface area contributed by atoms with Crippen molar-refractivity contribution in [3.8, 4) is 0 Å². The first kappa shape index (κ1) is 11.9. The minimum Gasteiger partial charge on any atom is -0.395 e. The van der Waals surface area contributed by atoms with Crippen LogP contribution in [0, 0.1) is 3.57 Å². The number of amides is 1. The monoisotopic (exact) mass is 331 g/mol. The molecule has 0 radical (unpaired) electrons. The van der Waals surface area contributed by atoms with E-state index in [9.17, 15) is 4.79 Å². The third-order valence-corrected chi connectivity index (χ3v) is 3.63. The molecule has 0 atom stereocenters. The van der Waals surface area contributed by atoms with Crippen molar-refractivity contribution in [2.75, 3.05) is 13.2 Å². The second-order valence-electron chi connectivity index (χ2n) is 3.93. The van der Waals surface area contributed by atoms with E-state index >= 15 is 0 Å². The zero-order valence-electron chi connectivity index (χ0n) is 8.90. The summed E-state index contributed by atoms with van der Waals surface area (Å²) in [4.78, 5) is 14.0. The Hall–Kier alpha value is -0.620. The van der Waals surface area contributed by atoms with Crippen LogP contribution in [0.25, 0.3) is 0 Å². The third kappa shape index (κ3) is 2.55. The number of carbonyl (C=O) groups excluding carboxylic acids is 1. The maximum atomic E-state index is 12.2. The Bertz CT molecular complexity index is 390. The molecular formula is C12H14INO2. The van der Waals surface area contributed by atoms with Gasteiger partial charge in [0.25, 0.3) is 5.91 Å². The molecule has 0 aromatic heterocycles. The molecule has 1 fully saturated rings. The van der Waals surface area contributed by atoms with Gasteiger partial charge in [-0.2, -0.15) is 0 Å². The van der Waals surface area contributed by atoms with E-state index in [-0.39, 0.29) is 12.5 Å². The zero-order valence-corrected chi connectivity index (χ0v) is 11.1. The molecule has 86 valence electrons. The second-order valence-corrected chi connectivity index (χ2v) is 5.10. The van der Waals surface area contributed by atoms with E-state index in [1.165, 1.54) is 0 Å². The Morgan fingerprint density at radius 3 is 2.69 bits per heavy atom. The molecule has 0 aliphatic heterocycles. The van der Waals surface area contributed by atoms with Crippen molar-refractivity contribution in [2.45, 2.75) is 18.9 Å². The highest BCUT2D eigenvalue weighted by Crippen LogP contribution is 2.28. The van der Waals surface area contributed by atoms with Gasteiger partial charge in [0.1, 0.15) is 0 Å². The van der Waals surface area contributed by atoms with Crippen molar-refractivity contribution in [2.24, 2.45) is 0 Å². The Balaban J connectivity index is 2.19. The van der Waals surface area contributed by atoms with Gasteiger partial charge in [0.2, 0.25) is 0 Å². The summed E-state index contributed by atoms with van der Waals surface area (Å²) in [5.74, 6) is 0.0431. The van der Waals surface area contributed by atoms with Gasteiger partial charge in [-0.3, -0.25) is 4.79 Å². The smallest absolute Gasteiger partial charge is 0.255 e. The Morgan fingerprint density at radius 2 is 2.12 bits per heavy atom. The van der Waals surface area contributed by atoms with Gasteiger partial charge in [0, 0.05) is 16.2 Å². The van der Waals surface area contributed by atoms with Crippen LogP contribution in [-0.2, 0) is 0 Å². The highest BCUT2D eigenvalue weighted by molar-refractivity contribution is 14.1. The van der Waals surface area contributed by atoms with Crippen molar-refractivity contribution >= 4 is 28.5 Å². The van der Waals surface area contributed by atoms with E-state index in [1.54, 1.807) is 4.90 Å². The summed E-state index contributed by atoms with van der Waals surface area (Å²) >= 11 is 2.17. The van der Waals surface area contributed by atoms with Gasteiger partial charge in [-0.15, -0.1) is 0 Å². The summed E-state index contributed by atoms with van der Waals surface area (Å²) in [5.41, 5.74) is 0.739. The number of hydrogen-bond acceptors (Lipinski definition) is 2. The van der Waals surface area contributed by atoms with Gasteiger partial charge in [-0.05, 0) is 47.6 Å². The van der Waals surface area contributed by atoms with Crippen LogP contribution in [0.5, 0.6) is 0 Å². The molecule has 0 bridgehead atoms. The van der Waals surface area contributed by atoms with Crippen LogP contribution in [0.1, 0.15) is 23.2 Å². The van der Waals surface area contributed by atoms with Crippen molar-refractivity contribution in [3.05, 3.63) is 33.4 Å². The fourth-order valence-electron chi connectivity index (χ4n) is 1.73. The first-order valence-electron chi connectivity index (χ1n) is 5.40. The first-order chi connectivity index (χ1) is 7.74. The van der Waals surface area contributed by atoms with Gasteiger partial charge >= 0.3 is 0 Å². The third-order valence-electron chi connectivity index (χ3n) is 2.69. The molecule has 0 unspecified atom stereocenters. The predicted molar refractivity (Wildman–Crippen MR) is 70.3 cm³/mol. The maximum absolute atomic E-state index is 12.2. The van der Waals surface area contributed by atoms with E-state index in [0.29, 0.717) is 12.6 Å². The molecular weight excluding hydrogens is 317 g/mol. The molecule has 3 nitrogen and oxygen atoms in total. The largest absolute Gasteiger partial charge is 0.395 e. The lowest BCUT2D eigenvalue weighted by atomic mass is 10.2. The maximum Gasteiger partial charge on any atom is 0.255 e. The first-order valence-corrected chi connectivity index (χ1v) is 6.48. The molecule has 16 heavy (non-hydrogen) atoms. The molecule has 0 saturated heterocycles. The van der Waals surface area contributed by atoms with E-state index in [4.69, 9.17) is 5.11 Å². The van der Waals surface area contributed by atoms with E-state index in [0.717, 1.165) is 22.0 Å². The minimum atomic E-state index is 0.0334. The quantitative estimate of drug-likeness (QED) is 0.856. The predicted octanol–water partition coefficient (Wildman–Crippen LogP) is 1.89. The lowest BCUT2D eigenvalue weighted by molar-refractivity contribution is 0.0706. The number of carbonyl (C=O) groups is 1. The summed E-state index contributed by atoms with van der Waals surface area (Å²) in [5, 5.41) is 8.98. The van der Waals surface area contributed by atoms with Crippen molar-refractivity contribution < 1.29 is 9.90 Å². The molecule has 1 aliphatic carbocycles. The highest BCUT2D eigenvalue weighted by atomic mass is 127. The second kappa shape index (κ2) is 5.14. The molecule has 1 aromatic carbocycles. The number of nitrogens with zero attached hydrogens (tertiary/aromatic N) is 1. The summed E-state index contributed by atoms with van der Waals surface area (Å²) in [6, 6.07) is 7.91. The summed E-state index contributed by atoms with van der Waals surface area (Å²) < 4.78 is 0.966. The van der Waals surface area contributed by atoms with Gasteiger partial charge in [0.15, 0.2) is 0 Å². The van der Waals surface area contributed by atoms with Crippen LogP contribution in [0.3, 0.4) is 0 Å². The number of aliphatic hydroxyl groups excluding tert-OH is 1. The van der Waals surface area contributed by atoms with Crippen LogP contribution < -0.4 is 0 Å². The lowest BCUT2D eigenvalue weighted by Gasteiger charge is -2.21. The van der Waals surface area contributed by atoms with Crippen LogP contribution >= 0.6 is 22.6 Å². The normalized spacial score (nSPS) is 14.9. The van der Waals surface area contributed by atoms with Crippen LogP contribution in [0.15, 0.2) is 24.3 Å². The summed E-state index contributed by atoms with van der Waals surface area (Å²) in [6.07, 6.45) is 2.13. The van der Waals surface area contributed by atoms with E-state index in [2.05, 4.69) is 22.6 Å². The van der Waals surface area contributed by atoms with E-state index < -0.39 is 0 Å². The van der Waals surface area contributed by atoms with Crippen LogP contribution in [0.2, 0.25) is 0 Å². The summed E-state index contributed by atoms with van der Waals surface area (Å²) in [7, 11) is 0. The number of halogens is 1. The number of benzene rings is 1. The van der Waals surface area contributed by atoms with Gasteiger partial charge in [0.05, 0.1) is 12.2 Å².